The third-order valence-corrected chi connectivity index (χ3v) is 6.39. The van der Waals surface area contributed by atoms with Gasteiger partial charge in [-0.25, -0.2) is 4.98 Å². The van der Waals surface area contributed by atoms with Crippen LogP contribution in [0, 0.1) is 27.7 Å². The molecular weight excluding hydrogens is 404 g/mol. The zero-order chi connectivity index (χ0) is 20.5. The van der Waals surface area contributed by atoms with E-state index in [-0.39, 0.29) is 0 Å². The maximum absolute atomic E-state index is 6.03. The van der Waals surface area contributed by atoms with Gasteiger partial charge in [-0.15, -0.1) is 11.3 Å². The Morgan fingerprint density at radius 1 is 1.07 bits per heavy atom. The number of benzene rings is 1. The quantitative estimate of drug-likeness (QED) is 0.404. The predicted molar refractivity (Wildman–Crippen MR) is 118 cm³/mol. The highest BCUT2D eigenvalue weighted by atomic mass is 35.5. The molecule has 29 heavy (non-hydrogen) atoms. The summed E-state index contributed by atoms with van der Waals surface area (Å²) in [6.07, 6.45) is 3.53. The number of nitrogens with one attached hydrogen (secondary N) is 1. The first kappa shape index (κ1) is 19.6. The van der Waals surface area contributed by atoms with Crippen LogP contribution in [-0.4, -0.2) is 20.8 Å². The number of hydrogen-bond donors (Lipinski definition) is 1. The zero-order valence-electron chi connectivity index (χ0n) is 16.7. The first-order valence-electron chi connectivity index (χ1n) is 9.28. The largest absolute Gasteiger partial charge is 0.358 e. The molecule has 1 aromatic carbocycles. The Hall–Kier alpha value is -2.70. The zero-order valence-corrected chi connectivity index (χ0v) is 18.3. The van der Waals surface area contributed by atoms with Gasteiger partial charge in [-0.1, -0.05) is 28.9 Å². The second-order valence-electron chi connectivity index (χ2n) is 6.90. The van der Waals surface area contributed by atoms with Crippen LogP contribution in [0.2, 0.25) is 5.02 Å². The predicted octanol–water partition coefficient (Wildman–Crippen LogP) is 6.05. The van der Waals surface area contributed by atoms with E-state index in [1.807, 2.05) is 38.1 Å². The highest BCUT2D eigenvalue weighted by molar-refractivity contribution is 7.16. The number of aromatic amines is 1. The molecule has 148 valence electrons. The lowest BCUT2D eigenvalue weighted by Crippen LogP contribution is -2.05. The van der Waals surface area contributed by atoms with Gasteiger partial charge >= 0.3 is 0 Å². The van der Waals surface area contributed by atoms with Gasteiger partial charge < -0.3 is 9.51 Å². The molecule has 0 saturated heterocycles. The SMILES string of the molecule is Cc1ncc[nH]1.Cc1noc2c1-c1sc(C)c(C)c1C(c1ccc(Cl)cc1)=NC2. The molecule has 0 aliphatic carbocycles. The molecule has 0 amide bonds. The van der Waals surface area contributed by atoms with Crippen molar-refractivity contribution in [1.82, 2.24) is 15.1 Å². The molecule has 0 atom stereocenters. The molecule has 1 aliphatic heterocycles. The Morgan fingerprint density at radius 2 is 1.83 bits per heavy atom. The topological polar surface area (TPSA) is 67.1 Å². The Labute approximate surface area is 178 Å². The molecule has 5 nitrogen and oxygen atoms in total. The molecule has 0 unspecified atom stereocenters. The van der Waals surface area contributed by atoms with Crippen LogP contribution in [0.3, 0.4) is 0 Å². The van der Waals surface area contributed by atoms with Crippen LogP contribution in [0.25, 0.3) is 10.4 Å². The van der Waals surface area contributed by atoms with Gasteiger partial charge in [0.15, 0.2) is 5.76 Å². The molecule has 3 aromatic heterocycles. The van der Waals surface area contributed by atoms with Crippen molar-refractivity contribution in [1.29, 1.82) is 0 Å². The average molecular weight is 425 g/mol. The van der Waals surface area contributed by atoms with E-state index in [2.05, 4.69) is 29.0 Å². The lowest BCUT2D eigenvalue weighted by Gasteiger charge is -2.08. The third kappa shape index (κ3) is 3.78. The number of aliphatic imine (C=N–C) groups is 1. The van der Waals surface area contributed by atoms with Crippen molar-refractivity contribution in [2.24, 2.45) is 4.99 Å². The summed E-state index contributed by atoms with van der Waals surface area (Å²) in [6, 6.07) is 7.86. The summed E-state index contributed by atoms with van der Waals surface area (Å²) < 4.78 is 5.50. The van der Waals surface area contributed by atoms with Crippen molar-refractivity contribution in [3.05, 3.63) is 80.5 Å². The van der Waals surface area contributed by atoms with Crippen molar-refractivity contribution >= 4 is 28.6 Å². The summed E-state index contributed by atoms with van der Waals surface area (Å²) in [7, 11) is 0. The van der Waals surface area contributed by atoms with Crippen molar-refractivity contribution in [2.75, 3.05) is 0 Å². The highest BCUT2D eigenvalue weighted by Crippen LogP contribution is 2.42. The fourth-order valence-electron chi connectivity index (χ4n) is 3.32. The smallest absolute Gasteiger partial charge is 0.167 e. The molecule has 1 aliphatic rings. The van der Waals surface area contributed by atoms with Crippen LogP contribution in [-0.2, 0) is 6.54 Å². The van der Waals surface area contributed by atoms with Crippen molar-refractivity contribution in [3.8, 4) is 10.4 Å². The number of thiophene rings is 1. The van der Waals surface area contributed by atoms with Gasteiger partial charge in [0.05, 0.1) is 17.0 Å². The van der Waals surface area contributed by atoms with E-state index < -0.39 is 0 Å². The van der Waals surface area contributed by atoms with E-state index in [1.165, 1.54) is 20.9 Å². The van der Waals surface area contributed by atoms with Crippen LogP contribution in [0.15, 0.2) is 46.2 Å². The van der Waals surface area contributed by atoms with Gasteiger partial charge in [0.2, 0.25) is 0 Å². The normalized spacial score (nSPS) is 12.4. The number of rotatable bonds is 1. The summed E-state index contributed by atoms with van der Waals surface area (Å²) in [6.45, 7) is 8.72. The van der Waals surface area contributed by atoms with Crippen molar-refractivity contribution in [3.63, 3.8) is 0 Å². The molecular formula is C22H21ClN4OS. The Morgan fingerprint density at radius 3 is 2.45 bits per heavy atom. The Kier molecular flexibility index (Phi) is 5.39. The minimum atomic E-state index is 0.508. The van der Waals surface area contributed by atoms with Crippen LogP contribution in [0.4, 0.5) is 0 Å². The fourth-order valence-corrected chi connectivity index (χ4v) is 4.72. The van der Waals surface area contributed by atoms with Crippen LogP contribution in [0.5, 0.6) is 0 Å². The van der Waals surface area contributed by atoms with Gasteiger partial charge in [-0.3, -0.25) is 4.99 Å². The second-order valence-corrected chi connectivity index (χ2v) is 8.56. The van der Waals surface area contributed by atoms with Crippen molar-refractivity contribution in [2.45, 2.75) is 34.2 Å². The summed E-state index contributed by atoms with van der Waals surface area (Å²) in [5.41, 5.74) is 6.58. The molecule has 0 bridgehead atoms. The molecule has 5 rings (SSSR count). The lowest BCUT2D eigenvalue weighted by atomic mass is 9.96. The van der Waals surface area contributed by atoms with Gasteiger partial charge in [-0.2, -0.15) is 0 Å². The van der Waals surface area contributed by atoms with Gasteiger partial charge in [0.1, 0.15) is 12.4 Å². The molecule has 0 saturated carbocycles. The summed E-state index contributed by atoms with van der Waals surface area (Å²) in [5.74, 6) is 1.81. The van der Waals surface area contributed by atoms with Crippen LogP contribution < -0.4 is 0 Å². The molecule has 4 aromatic rings. The maximum atomic E-state index is 6.03. The first-order chi connectivity index (χ1) is 14.0. The third-order valence-electron chi connectivity index (χ3n) is 4.92. The van der Waals surface area contributed by atoms with Gasteiger partial charge in [0, 0.05) is 38.3 Å². The maximum Gasteiger partial charge on any atom is 0.167 e. The molecule has 0 fully saturated rings. The highest BCUT2D eigenvalue weighted by Gasteiger charge is 2.28. The lowest BCUT2D eigenvalue weighted by molar-refractivity contribution is 0.382. The molecule has 4 heterocycles. The number of hydrogen-bond acceptors (Lipinski definition) is 5. The molecule has 0 spiro atoms. The summed E-state index contributed by atoms with van der Waals surface area (Å²) in [4.78, 5) is 14.1. The van der Waals surface area contributed by atoms with Crippen LogP contribution in [0.1, 0.15) is 38.8 Å². The van der Waals surface area contributed by atoms with Crippen molar-refractivity contribution < 1.29 is 4.52 Å². The van der Waals surface area contributed by atoms with Crippen LogP contribution >= 0.6 is 22.9 Å². The number of aryl methyl sites for hydroxylation is 3. The van der Waals surface area contributed by atoms with E-state index in [4.69, 9.17) is 21.1 Å². The summed E-state index contributed by atoms with van der Waals surface area (Å²) >= 11 is 7.82. The van der Waals surface area contributed by atoms with E-state index in [9.17, 15) is 0 Å². The second kappa shape index (κ2) is 7.97. The number of aromatic nitrogens is 3. The summed E-state index contributed by atoms with van der Waals surface area (Å²) in [5, 5.41) is 4.86. The minimum Gasteiger partial charge on any atom is -0.358 e. The Balaban J connectivity index is 0.000000294. The van der Waals surface area contributed by atoms with Gasteiger partial charge in [-0.05, 0) is 45.4 Å². The van der Waals surface area contributed by atoms with E-state index in [0.717, 1.165) is 39.1 Å². The standard InChI is InChI=1S/C18H15ClN2OS.C4H6N2/c1-9-11(3)23-18-15(9)17(12-4-6-13(19)7-5-12)20-8-14-16(18)10(2)21-22-14;1-4-5-2-3-6-4/h4-7H,8H2,1-3H3;2-3H,1H3,(H,5,6). The molecule has 7 heteroatoms. The first-order valence-corrected chi connectivity index (χ1v) is 10.5. The number of fused-ring (bicyclic) bond motifs is 3. The number of imidazole rings is 1. The average Bonchev–Trinajstić information content (AvgIpc) is 3.36. The fraction of sp³-hybridized carbons (Fsp3) is 0.227. The number of H-pyrrole nitrogens is 1. The molecule has 1 N–H and O–H groups in total. The van der Waals surface area contributed by atoms with E-state index >= 15 is 0 Å². The Bertz CT molecular complexity index is 1170. The van der Waals surface area contributed by atoms with E-state index in [0.29, 0.717) is 6.54 Å². The minimum absolute atomic E-state index is 0.508. The number of halogens is 1. The van der Waals surface area contributed by atoms with Gasteiger partial charge in [0.25, 0.3) is 0 Å². The monoisotopic (exact) mass is 424 g/mol. The molecule has 0 radical (unpaired) electrons. The number of nitrogens with zero attached hydrogens (tertiary/aromatic N) is 3. The van der Waals surface area contributed by atoms with E-state index in [1.54, 1.807) is 23.7 Å².